The van der Waals surface area contributed by atoms with Gasteiger partial charge in [-0.25, -0.2) is 4.98 Å². The minimum absolute atomic E-state index is 0.919. The molecule has 2 rings (SSSR count). The fraction of sp³-hybridized carbons (Fsp3) is 0.182. The molecule has 0 N–H and O–H groups in total. The van der Waals surface area contributed by atoms with Crippen LogP contribution in [-0.4, -0.2) is 12.1 Å². The molecule has 14 heavy (non-hydrogen) atoms. The molecule has 0 unspecified atom stereocenters. The van der Waals surface area contributed by atoms with E-state index in [1.165, 1.54) is 0 Å². The van der Waals surface area contributed by atoms with Gasteiger partial charge in [0.15, 0.2) is 0 Å². The van der Waals surface area contributed by atoms with E-state index < -0.39 is 0 Å². The SMILES string of the molecule is COc1c(C)cccc1-c1nccs1. The van der Waals surface area contributed by atoms with Crippen LogP contribution in [0.2, 0.25) is 0 Å². The fourth-order valence-corrected chi connectivity index (χ4v) is 2.11. The molecule has 0 fully saturated rings. The van der Waals surface area contributed by atoms with Gasteiger partial charge >= 0.3 is 0 Å². The lowest BCUT2D eigenvalue weighted by Crippen LogP contribution is -1.90. The fourth-order valence-electron chi connectivity index (χ4n) is 1.45. The summed E-state index contributed by atoms with van der Waals surface area (Å²) in [7, 11) is 1.69. The zero-order valence-corrected chi connectivity index (χ0v) is 8.97. The van der Waals surface area contributed by atoms with Crippen LogP contribution in [0.25, 0.3) is 10.6 Å². The van der Waals surface area contributed by atoms with Gasteiger partial charge in [0.05, 0.1) is 12.7 Å². The summed E-state index contributed by atoms with van der Waals surface area (Å²) in [6.45, 7) is 2.04. The number of rotatable bonds is 2. The molecule has 0 spiro atoms. The Hall–Kier alpha value is -1.35. The third-order valence-corrected chi connectivity index (χ3v) is 2.89. The van der Waals surface area contributed by atoms with Crippen molar-refractivity contribution < 1.29 is 4.74 Å². The number of benzene rings is 1. The third kappa shape index (κ3) is 1.51. The number of hydrogen-bond donors (Lipinski definition) is 0. The zero-order chi connectivity index (χ0) is 9.97. The van der Waals surface area contributed by atoms with E-state index in [2.05, 4.69) is 4.98 Å². The van der Waals surface area contributed by atoms with Crippen molar-refractivity contribution in [2.45, 2.75) is 6.92 Å². The molecule has 1 aromatic heterocycles. The lowest BCUT2D eigenvalue weighted by Gasteiger charge is -2.08. The molecule has 0 saturated carbocycles. The summed E-state index contributed by atoms with van der Waals surface area (Å²) in [5, 5.41) is 2.97. The predicted octanol–water partition coefficient (Wildman–Crippen LogP) is 3.13. The first-order valence-corrected chi connectivity index (χ1v) is 5.24. The third-order valence-electron chi connectivity index (χ3n) is 2.08. The highest BCUT2D eigenvalue weighted by Crippen LogP contribution is 2.33. The highest BCUT2D eigenvalue weighted by Gasteiger charge is 2.09. The van der Waals surface area contributed by atoms with Crippen LogP contribution in [0.15, 0.2) is 29.8 Å². The van der Waals surface area contributed by atoms with Crippen molar-refractivity contribution in [3.63, 3.8) is 0 Å². The number of methoxy groups -OCH3 is 1. The average Bonchev–Trinajstić information content (AvgIpc) is 2.70. The quantitative estimate of drug-likeness (QED) is 0.751. The van der Waals surface area contributed by atoms with Crippen molar-refractivity contribution in [2.24, 2.45) is 0 Å². The molecule has 3 heteroatoms. The molecule has 2 aromatic rings. The Labute approximate surface area is 87.2 Å². The summed E-state index contributed by atoms with van der Waals surface area (Å²) < 4.78 is 5.37. The summed E-state index contributed by atoms with van der Waals surface area (Å²) in [4.78, 5) is 4.27. The number of aryl methyl sites for hydroxylation is 1. The molecule has 1 heterocycles. The van der Waals surface area contributed by atoms with Crippen molar-refractivity contribution in [3.8, 4) is 16.3 Å². The standard InChI is InChI=1S/C11H11NOS/c1-8-4-3-5-9(10(8)13-2)11-12-6-7-14-11/h3-7H,1-2H3. The Balaban J connectivity index is 2.58. The smallest absolute Gasteiger partial charge is 0.132 e. The lowest BCUT2D eigenvalue weighted by molar-refractivity contribution is 0.413. The number of aromatic nitrogens is 1. The number of hydrogen-bond acceptors (Lipinski definition) is 3. The summed E-state index contributed by atoms with van der Waals surface area (Å²) >= 11 is 1.62. The van der Waals surface area contributed by atoms with Crippen molar-refractivity contribution in [2.75, 3.05) is 7.11 Å². The first-order chi connectivity index (χ1) is 6.83. The van der Waals surface area contributed by atoms with Gasteiger partial charge in [0.25, 0.3) is 0 Å². The molecule has 72 valence electrons. The Morgan fingerprint density at radius 3 is 2.86 bits per heavy atom. The Morgan fingerprint density at radius 1 is 1.36 bits per heavy atom. The minimum atomic E-state index is 0.919. The predicted molar refractivity (Wildman–Crippen MR) is 58.8 cm³/mol. The van der Waals surface area contributed by atoms with Gasteiger partial charge in [0, 0.05) is 11.6 Å². The summed E-state index contributed by atoms with van der Waals surface area (Å²) in [6.07, 6.45) is 1.81. The van der Waals surface area contributed by atoms with Crippen LogP contribution in [0.5, 0.6) is 5.75 Å². The van der Waals surface area contributed by atoms with Gasteiger partial charge in [-0.05, 0) is 18.6 Å². The van der Waals surface area contributed by atoms with Gasteiger partial charge in [-0.3, -0.25) is 0 Å². The summed E-state index contributed by atoms with van der Waals surface area (Å²) in [6, 6.07) is 6.09. The Bertz CT molecular complexity index is 423. The van der Waals surface area contributed by atoms with Crippen LogP contribution in [0, 0.1) is 6.92 Å². The van der Waals surface area contributed by atoms with E-state index in [1.54, 1.807) is 18.4 Å². The van der Waals surface area contributed by atoms with Crippen LogP contribution in [0.1, 0.15) is 5.56 Å². The van der Waals surface area contributed by atoms with Crippen LogP contribution < -0.4 is 4.74 Å². The number of nitrogens with zero attached hydrogens (tertiary/aromatic N) is 1. The molecule has 0 bridgehead atoms. The maximum atomic E-state index is 5.37. The molecular formula is C11H11NOS. The molecule has 0 amide bonds. The molecule has 1 aromatic carbocycles. The summed E-state index contributed by atoms with van der Waals surface area (Å²) in [5.74, 6) is 0.919. The van der Waals surface area contributed by atoms with Gasteiger partial charge in [-0.2, -0.15) is 0 Å². The van der Waals surface area contributed by atoms with E-state index in [0.717, 1.165) is 21.9 Å². The topological polar surface area (TPSA) is 22.1 Å². The molecular weight excluding hydrogens is 194 g/mol. The second-order valence-electron chi connectivity index (χ2n) is 2.99. The maximum absolute atomic E-state index is 5.37. The van der Waals surface area contributed by atoms with E-state index in [9.17, 15) is 0 Å². The highest BCUT2D eigenvalue weighted by molar-refractivity contribution is 7.13. The minimum Gasteiger partial charge on any atom is -0.496 e. The molecule has 0 aliphatic heterocycles. The van der Waals surface area contributed by atoms with Crippen LogP contribution in [-0.2, 0) is 0 Å². The Morgan fingerprint density at radius 2 is 2.21 bits per heavy atom. The second kappa shape index (κ2) is 3.80. The highest BCUT2D eigenvalue weighted by atomic mass is 32.1. The first-order valence-electron chi connectivity index (χ1n) is 4.36. The molecule has 0 aliphatic rings. The molecule has 0 saturated heterocycles. The second-order valence-corrected chi connectivity index (χ2v) is 3.89. The van der Waals surface area contributed by atoms with E-state index in [0.29, 0.717) is 0 Å². The maximum Gasteiger partial charge on any atom is 0.132 e. The summed E-state index contributed by atoms with van der Waals surface area (Å²) in [5.41, 5.74) is 2.21. The zero-order valence-electron chi connectivity index (χ0n) is 8.15. The van der Waals surface area contributed by atoms with Crippen molar-refractivity contribution in [1.29, 1.82) is 0 Å². The molecule has 2 nitrogen and oxygen atoms in total. The van der Waals surface area contributed by atoms with Crippen LogP contribution in [0.3, 0.4) is 0 Å². The number of para-hydroxylation sites is 1. The monoisotopic (exact) mass is 205 g/mol. The average molecular weight is 205 g/mol. The van der Waals surface area contributed by atoms with Gasteiger partial charge in [0.2, 0.25) is 0 Å². The number of ether oxygens (including phenoxy) is 1. The van der Waals surface area contributed by atoms with Gasteiger partial charge in [0.1, 0.15) is 10.8 Å². The van der Waals surface area contributed by atoms with E-state index in [1.807, 2.05) is 36.7 Å². The molecule has 0 radical (unpaired) electrons. The largest absolute Gasteiger partial charge is 0.496 e. The molecule has 0 atom stereocenters. The molecule has 0 aliphatic carbocycles. The van der Waals surface area contributed by atoms with Crippen molar-refractivity contribution in [3.05, 3.63) is 35.3 Å². The van der Waals surface area contributed by atoms with Crippen molar-refractivity contribution >= 4 is 11.3 Å². The van der Waals surface area contributed by atoms with E-state index in [-0.39, 0.29) is 0 Å². The van der Waals surface area contributed by atoms with Crippen LogP contribution >= 0.6 is 11.3 Å². The normalized spacial score (nSPS) is 10.1. The lowest BCUT2D eigenvalue weighted by atomic mass is 10.1. The van der Waals surface area contributed by atoms with Crippen molar-refractivity contribution in [1.82, 2.24) is 4.98 Å². The van der Waals surface area contributed by atoms with E-state index >= 15 is 0 Å². The van der Waals surface area contributed by atoms with Crippen LogP contribution in [0.4, 0.5) is 0 Å². The van der Waals surface area contributed by atoms with Gasteiger partial charge in [-0.1, -0.05) is 12.1 Å². The van der Waals surface area contributed by atoms with Gasteiger partial charge < -0.3 is 4.74 Å². The van der Waals surface area contributed by atoms with E-state index in [4.69, 9.17) is 4.74 Å². The number of thiazole rings is 1. The Kier molecular flexibility index (Phi) is 2.50. The first kappa shape index (κ1) is 9.21. The van der Waals surface area contributed by atoms with Gasteiger partial charge in [-0.15, -0.1) is 11.3 Å².